The van der Waals surface area contributed by atoms with E-state index in [4.69, 9.17) is 9.15 Å². The summed E-state index contributed by atoms with van der Waals surface area (Å²) >= 11 is 0. The molecule has 0 saturated carbocycles. The molecule has 0 unspecified atom stereocenters. The normalized spacial score (nSPS) is 11.6. The van der Waals surface area contributed by atoms with Crippen molar-refractivity contribution in [3.63, 3.8) is 0 Å². The molecule has 0 fully saturated rings. The third kappa shape index (κ3) is 5.23. The average Bonchev–Trinajstić information content (AvgIpc) is 3.29. The third-order valence-electron chi connectivity index (χ3n) is 5.97. The van der Waals surface area contributed by atoms with Gasteiger partial charge in [0.2, 0.25) is 5.91 Å². The van der Waals surface area contributed by atoms with Gasteiger partial charge in [-0.05, 0) is 56.4 Å². The zero-order chi connectivity index (χ0) is 23.9. The molecule has 0 atom stereocenters. The van der Waals surface area contributed by atoms with E-state index < -0.39 is 0 Å². The average molecular weight is 454 g/mol. The minimum atomic E-state index is -0.0961. The fraction of sp³-hybridized carbons (Fsp3) is 0.233. The number of fused-ring (bicyclic) bond motifs is 1. The Kier molecular flexibility index (Phi) is 7.48. The Morgan fingerprint density at radius 3 is 2.47 bits per heavy atom. The molecule has 0 aliphatic heterocycles. The number of benzene rings is 3. The molecule has 0 radical (unpaired) electrons. The minimum absolute atomic E-state index is 0.0961. The predicted octanol–water partition coefficient (Wildman–Crippen LogP) is 6.96. The summed E-state index contributed by atoms with van der Waals surface area (Å²) in [7, 11) is 0. The van der Waals surface area contributed by atoms with Gasteiger partial charge in [0.25, 0.3) is 0 Å². The van der Waals surface area contributed by atoms with Crippen molar-refractivity contribution in [1.82, 2.24) is 5.32 Å². The Hall–Kier alpha value is -3.79. The number of aryl methyl sites for hydroxylation is 2. The summed E-state index contributed by atoms with van der Waals surface area (Å²) in [6.07, 6.45) is 5.29. The van der Waals surface area contributed by atoms with E-state index in [2.05, 4.69) is 35.6 Å². The lowest BCUT2D eigenvalue weighted by Crippen LogP contribution is -2.22. The second-order valence-corrected chi connectivity index (χ2v) is 8.41. The molecule has 1 N–H and O–H groups in total. The Bertz CT molecular complexity index is 1290. The number of allylic oxidation sites excluding steroid dienone is 1. The Labute approximate surface area is 201 Å². The maximum absolute atomic E-state index is 12.6. The molecule has 0 saturated heterocycles. The molecule has 0 bridgehead atoms. The number of hydrogen-bond acceptors (Lipinski definition) is 3. The highest BCUT2D eigenvalue weighted by Crippen LogP contribution is 2.40. The van der Waals surface area contributed by atoms with E-state index in [0.29, 0.717) is 13.2 Å². The van der Waals surface area contributed by atoms with Crippen LogP contribution < -0.4 is 10.1 Å². The number of rotatable bonds is 9. The molecule has 4 heteroatoms. The zero-order valence-corrected chi connectivity index (χ0v) is 20.1. The number of ether oxygens (including phenoxy) is 1. The first-order valence-electron chi connectivity index (χ1n) is 11.8. The van der Waals surface area contributed by atoms with Crippen LogP contribution in [0.1, 0.15) is 37.0 Å². The lowest BCUT2D eigenvalue weighted by atomic mass is 9.96. The molecule has 4 aromatic rings. The first-order valence-corrected chi connectivity index (χ1v) is 11.8. The number of carbonyl (C=O) groups excluding carboxylic acids is 1. The van der Waals surface area contributed by atoms with E-state index in [-0.39, 0.29) is 5.91 Å². The fourth-order valence-corrected chi connectivity index (χ4v) is 4.25. The van der Waals surface area contributed by atoms with Gasteiger partial charge in [-0.25, -0.2) is 0 Å². The summed E-state index contributed by atoms with van der Waals surface area (Å²) in [4.78, 5) is 12.6. The van der Waals surface area contributed by atoms with Crippen LogP contribution in [0.3, 0.4) is 0 Å². The molecule has 0 aliphatic carbocycles. The van der Waals surface area contributed by atoms with Crippen LogP contribution in [-0.2, 0) is 11.2 Å². The van der Waals surface area contributed by atoms with Crippen LogP contribution in [0, 0.1) is 6.92 Å². The molecule has 1 heterocycles. The van der Waals surface area contributed by atoms with Gasteiger partial charge < -0.3 is 14.5 Å². The van der Waals surface area contributed by atoms with Crippen molar-refractivity contribution in [3.05, 3.63) is 95.8 Å². The largest absolute Gasteiger partial charge is 0.493 e. The smallest absolute Gasteiger partial charge is 0.244 e. The van der Waals surface area contributed by atoms with Crippen LogP contribution in [0.5, 0.6) is 5.75 Å². The standard InChI is InChI=1S/C30H31NO3/c1-4-33-29-22(3)30-26(27(20-34-30)24-15-9-6-10-16-24)19-25(29)21(2)18-28(32)31-17-11-14-23-12-7-5-8-13-23/h5-10,12-13,15-16,18-20H,4,11,14,17H2,1-3H3,(H,31,32)/b21-18+. The molecule has 1 aromatic heterocycles. The summed E-state index contributed by atoms with van der Waals surface area (Å²) in [6.45, 7) is 7.09. The van der Waals surface area contributed by atoms with Crippen LogP contribution in [0.25, 0.3) is 27.7 Å². The van der Waals surface area contributed by atoms with E-state index in [9.17, 15) is 4.79 Å². The quantitative estimate of drug-likeness (QED) is 0.220. The molecule has 174 valence electrons. The van der Waals surface area contributed by atoms with Gasteiger partial charge >= 0.3 is 0 Å². The number of furan rings is 1. The molecule has 0 spiro atoms. The van der Waals surface area contributed by atoms with Crippen molar-refractivity contribution in [1.29, 1.82) is 0 Å². The molecule has 1 amide bonds. The molecule has 3 aromatic carbocycles. The number of amides is 1. The summed E-state index contributed by atoms with van der Waals surface area (Å²) in [5.74, 6) is 0.663. The Balaban J connectivity index is 1.57. The molecule has 0 aliphatic rings. The topological polar surface area (TPSA) is 51.5 Å². The minimum Gasteiger partial charge on any atom is -0.493 e. The van der Waals surface area contributed by atoms with Crippen LogP contribution >= 0.6 is 0 Å². The highest BCUT2D eigenvalue weighted by Gasteiger charge is 2.19. The maximum atomic E-state index is 12.6. The highest BCUT2D eigenvalue weighted by molar-refractivity contribution is 6.01. The van der Waals surface area contributed by atoms with Crippen molar-refractivity contribution in [2.24, 2.45) is 0 Å². The van der Waals surface area contributed by atoms with Gasteiger partial charge in [-0.15, -0.1) is 0 Å². The molecular weight excluding hydrogens is 422 g/mol. The van der Waals surface area contributed by atoms with Gasteiger partial charge in [-0.1, -0.05) is 60.7 Å². The number of hydrogen-bond donors (Lipinski definition) is 1. The summed E-state index contributed by atoms with van der Waals surface area (Å²) < 4.78 is 12.0. The van der Waals surface area contributed by atoms with Crippen LogP contribution in [0.15, 0.2) is 83.5 Å². The molecule has 4 nitrogen and oxygen atoms in total. The van der Waals surface area contributed by atoms with Crippen molar-refractivity contribution < 1.29 is 13.9 Å². The van der Waals surface area contributed by atoms with Gasteiger partial charge in [0.15, 0.2) is 0 Å². The molecular formula is C30H31NO3. The van der Waals surface area contributed by atoms with E-state index >= 15 is 0 Å². The molecule has 4 rings (SSSR count). The highest BCUT2D eigenvalue weighted by atomic mass is 16.5. The van der Waals surface area contributed by atoms with E-state index in [1.54, 1.807) is 12.3 Å². The van der Waals surface area contributed by atoms with Gasteiger partial charge in [-0.3, -0.25) is 4.79 Å². The number of nitrogens with one attached hydrogen (secondary N) is 1. The van der Waals surface area contributed by atoms with Gasteiger partial charge in [0, 0.05) is 34.7 Å². The van der Waals surface area contributed by atoms with Gasteiger partial charge in [-0.2, -0.15) is 0 Å². The van der Waals surface area contributed by atoms with Crippen LogP contribution in [-0.4, -0.2) is 19.1 Å². The van der Waals surface area contributed by atoms with Gasteiger partial charge in [0.05, 0.1) is 12.9 Å². The Morgan fingerprint density at radius 1 is 1.06 bits per heavy atom. The zero-order valence-electron chi connectivity index (χ0n) is 20.1. The predicted molar refractivity (Wildman–Crippen MR) is 139 cm³/mol. The van der Waals surface area contributed by atoms with Gasteiger partial charge in [0.1, 0.15) is 11.3 Å². The Morgan fingerprint density at radius 2 is 1.76 bits per heavy atom. The number of carbonyl (C=O) groups is 1. The van der Waals surface area contributed by atoms with Crippen molar-refractivity contribution in [2.45, 2.75) is 33.6 Å². The van der Waals surface area contributed by atoms with Crippen LogP contribution in [0.4, 0.5) is 0 Å². The molecule has 34 heavy (non-hydrogen) atoms. The third-order valence-corrected chi connectivity index (χ3v) is 5.97. The first-order chi connectivity index (χ1) is 16.6. The monoisotopic (exact) mass is 453 g/mol. The first kappa shape index (κ1) is 23.4. The summed E-state index contributed by atoms with van der Waals surface area (Å²) in [5.41, 5.74) is 6.91. The van der Waals surface area contributed by atoms with Crippen molar-refractivity contribution in [3.8, 4) is 16.9 Å². The van der Waals surface area contributed by atoms with Crippen LogP contribution in [0.2, 0.25) is 0 Å². The van der Waals surface area contributed by atoms with E-state index in [1.165, 1.54) is 5.56 Å². The summed E-state index contributed by atoms with van der Waals surface area (Å²) in [5, 5.41) is 4.03. The van der Waals surface area contributed by atoms with Crippen molar-refractivity contribution >= 4 is 22.4 Å². The SMILES string of the molecule is CCOc1c(/C(C)=C/C(=O)NCCCc2ccccc2)cc2c(-c3ccccc3)coc2c1C. The van der Waals surface area contributed by atoms with E-state index in [1.807, 2.05) is 57.2 Å². The lowest BCUT2D eigenvalue weighted by Gasteiger charge is -2.15. The maximum Gasteiger partial charge on any atom is 0.244 e. The van der Waals surface area contributed by atoms with E-state index in [0.717, 1.165) is 57.4 Å². The second-order valence-electron chi connectivity index (χ2n) is 8.41. The fourth-order valence-electron chi connectivity index (χ4n) is 4.25. The summed E-state index contributed by atoms with van der Waals surface area (Å²) in [6, 6.07) is 22.6. The van der Waals surface area contributed by atoms with Crippen molar-refractivity contribution in [2.75, 3.05) is 13.2 Å². The lowest BCUT2D eigenvalue weighted by molar-refractivity contribution is -0.116. The second kappa shape index (κ2) is 10.9.